The Balaban J connectivity index is 0.000000771. The highest BCUT2D eigenvalue weighted by Gasteiger charge is 2.06. The Kier molecular flexibility index (Phi) is 4.88. The van der Waals surface area contributed by atoms with Crippen LogP contribution in [0.2, 0.25) is 0 Å². The highest BCUT2D eigenvalue weighted by atomic mass is 15.1. The average Bonchev–Trinajstić information content (AvgIpc) is 2.76. The minimum Gasteiger partial charge on any atom is -0.383 e. The first-order chi connectivity index (χ1) is 8.70. The lowest BCUT2D eigenvalue weighted by atomic mass is 10.2. The van der Waals surface area contributed by atoms with Crippen LogP contribution in [0.5, 0.6) is 0 Å². The molecule has 0 radical (unpaired) electrons. The molecule has 0 bridgehead atoms. The molecule has 0 unspecified atom stereocenters. The molecule has 0 aromatic carbocycles. The van der Waals surface area contributed by atoms with Crippen LogP contribution in [0.1, 0.15) is 30.8 Å². The van der Waals surface area contributed by atoms with E-state index in [1.54, 1.807) is 17.1 Å². The molecule has 0 fully saturated rings. The Morgan fingerprint density at radius 1 is 1.33 bits per heavy atom. The summed E-state index contributed by atoms with van der Waals surface area (Å²) in [6.07, 6.45) is 3.36. The van der Waals surface area contributed by atoms with Gasteiger partial charge < -0.3 is 10.3 Å². The van der Waals surface area contributed by atoms with E-state index in [1.165, 1.54) is 0 Å². The summed E-state index contributed by atoms with van der Waals surface area (Å²) in [5.41, 5.74) is 8.01. The molecule has 5 nitrogen and oxygen atoms in total. The number of pyridine rings is 1. The van der Waals surface area contributed by atoms with Crippen molar-refractivity contribution in [1.82, 2.24) is 14.5 Å². The second-order valence-electron chi connectivity index (χ2n) is 3.53. The lowest BCUT2D eigenvalue weighted by Crippen LogP contribution is -2.04. The minimum atomic E-state index is 0.264. The van der Waals surface area contributed by atoms with E-state index in [-0.39, 0.29) is 5.69 Å². The molecule has 0 aliphatic heterocycles. The zero-order chi connectivity index (χ0) is 13.5. The number of nitrogens with zero attached hydrogens (tertiary/aromatic N) is 4. The molecule has 0 spiro atoms. The van der Waals surface area contributed by atoms with Gasteiger partial charge in [0.15, 0.2) is 5.69 Å². The van der Waals surface area contributed by atoms with Crippen LogP contribution in [-0.2, 0) is 6.54 Å². The molecule has 2 heterocycles. The van der Waals surface area contributed by atoms with Crippen LogP contribution in [0.4, 0.5) is 5.82 Å². The predicted molar refractivity (Wildman–Crippen MR) is 70.8 cm³/mol. The molecule has 0 aliphatic carbocycles. The van der Waals surface area contributed by atoms with Crippen molar-refractivity contribution in [2.75, 3.05) is 5.73 Å². The van der Waals surface area contributed by atoms with Crippen LogP contribution in [0.25, 0.3) is 0 Å². The van der Waals surface area contributed by atoms with Crippen LogP contribution in [0.3, 0.4) is 0 Å². The average molecular weight is 243 g/mol. The standard InChI is InChI=1S/C11H11N5.C2H6/c1-8-2-3-9(5-14-8)6-16-7-15-10(4-12)11(16)13;1-2/h2-3,5,7H,6,13H2,1H3;1-2H3. The number of nitrogens with two attached hydrogens (primary N) is 1. The number of hydrogen-bond acceptors (Lipinski definition) is 4. The van der Waals surface area contributed by atoms with E-state index in [0.717, 1.165) is 11.3 Å². The highest BCUT2D eigenvalue weighted by molar-refractivity contribution is 5.44. The third-order valence-electron chi connectivity index (χ3n) is 2.31. The van der Waals surface area contributed by atoms with Crippen molar-refractivity contribution in [2.24, 2.45) is 0 Å². The number of rotatable bonds is 2. The number of anilines is 1. The number of aryl methyl sites for hydroxylation is 1. The lowest BCUT2D eigenvalue weighted by Gasteiger charge is -2.04. The zero-order valence-corrected chi connectivity index (χ0v) is 10.9. The van der Waals surface area contributed by atoms with Gasteiger partial charge in [-0.25, -0.2) is 4.98 Å². The summed E-state index contributed by atoms with van der Waals surface area (Å²) in [6, 6.07) is 5.86. The molecule has 2 N–H and O–H groups in total. The van der Waals surface area contributed by atoms with Crippen LogP contribution in [0, 0.1) is 18.3 Å². The Bertz CT molecular complexity index is 533. The topological polar surface area (TPSA) is 80.5 Å². The molecule has 0 amide bonds. The number of imidazole rings is 1. The monoisotopic (exact) mass is 243 g/mol. The van der Waals surface area contributed by atoms with E-state index in [2.05, 4.69) is 9.97 Å². The Hall–Kier alpha value is -2.35. The zero-order valence-electron chi connectivity index (χ0n) is 10.9. The number of aromatic nitrogens is 3. The normalized spacial score (nSPS) is 9.22. The van der Waals surface area contributed by atoms with E-state index in [0.29, 0.717) is 12.4 Å². The van der Waals surface area contributed by atoms with Gasteiger partial charge in [-0.1, -0.05) is 19.9 Å². The van der Waals surface area contributed by atoms with Crippen molar-refractivity contribution >= 4 is 5.82 Å². The third-order valence-corrected chi connectivity index (χ3v) is 2.31. The van der Waals surface area contributed by atoms with Gasteiger partial charge in [-0.15, -0.1) is 0 Å². The maximum absolute atomic E-state index is 8.72. The molecule has 0 saturated heterocycles. The fraction of sp³-hybridized carbons (Fsp3) is 0.308. The molecule has 18 heavy (non-hydrogen) atoms. The molecular formula is C13H17N5. The number of nitriles is 1. The summed E-state index contributed by atoms with van der Waals surface area (Å²) >= 11 is 0. The molecule has 2 rings (SSSR count). The van der Waals surface area contributed by atoms with Crippen molar-refractivity contribution in [3.8, 4) is 6.07 Å². The number of nitrogen functional groups attached to an aromatic ring is 1. The SMILES string of the molecule is CC.Cc1ccc(Cn2cnc(C#N)c2N)cn1. The van der Waals surface area contributed by atoms with Crippen molar-refractivity contribution in [3.05, 3.63) is 41.6 Å². The van der Waals surface area contributed by atoms with Gasteiger partial charge in [-0.05, 0) is 18.6 Å². The van der Waals surface area contributed by atoms with Gasteiger partial charge in [0.1, 0.15) is 11.9 Å². The first-order valence-electron chi connectivity index (χ1n) is 5.83. The van der Waals surface area contributed by atoms with Crippen molar-refractivity contribution in [1.29, 1.82) is 5.26 Å². The third kappa shape index (κ3) is 3.08. The molecule has 0 aliphatic rings. The first kappa shape index (κ1) is 13.7. The van der Waals surface area contributed by atoms with Gasteiger partial charge in [0.05, 0.1) is 12.9 Å². The van der Waals surface area contributed by atoms with E-state index in [1.807, 2.05) is 39.0 Å². The van der Waals surface area contributed by atoms with E-state index in [4.69, 9.17) is 11.0 Å². The maximum Gasteiger partial charge on any atom is 0.182 e. The smallest absolute Gasteiger partial charge is 0.182 e. The highest BCUT2D eigenvalue weighted by Crippen LogP contribution is 2.11. The Labute approximate surface area is 107 Å². The molecule has 94 valence electrons. The van der Waals surface area contributed by atoms with Crippen molar-refractivity contribution in [2.45, 2.75) is 27.3 Å². The first-order valence-corrected chi connectivity index (χ1v) is 5.83. The molecular weight excluding hydrogens is 226 g/mol. The molecule has 2 aromatic rings. The van der Waals surface area contributed by atoms with Gasteiger partial charge in [-0.2, -0.15) is 5.26 Å². The van der Waals surface area contributed by atoms with Crippen LogP contribution >= 0.6 is 0 Å². The molecule has 5 heteroatoms. The Morgan fingerprint density at radius 2 is 2.06 bits per heavy atom. The summed E-state index contributed by atoms with van der Waals surface area (Å²) in [6.45, 7) is 6.51. The second-order valence-corrected chi connectivity index (χ2v) is 3.53. The summed E-state index contributed by atoms with van der Waals surface area (Å²) in [5, 5.41) is 8.72. The van der Waals surface area contributed by atoms with Crippen molar-refractivity contribution in [3.63, 3.8) is 0 Å². The lowest BCUT2D eigenvalue weighted by molar-refractivity contribution is 0.802. The maximum atomic E-state index is 8.72. The fourth-order valence-corrected chi connectivity index (χ4v) is 1.39. The predicted octanol–water partition coefficient (Wildman–Crippen LogP) is 2.11. The van der Waals surface area contributed by atoms with E-state index in [9.17, 15) is 0 Å². The quantitative estimate of drug-likeness (QED) is 0.876. The fourth-order valence-electron chi connectivity index (χ4n) is 1.39. The van der Waals surface area contributed by atoms with Crippen LogP contribution < -0.4 is 5.73 Å². The van der Waals surface area contributed by atoms with Crippen molar-refractivity contribution < 1.29 is 0 Å². The summed E-state index contributed by atoms with van der Waals surface area (Å²) in [7, 11) is 0. The van der Waals surface area contributed by atoms with Crippen LogP contribution in [-0.4, -0.2) is 14.5 Å². The van der Waals surface area contributed by atoms with Gasteiger partial charge >= 0.3 is 0 Å². The van der Waals surface area contributed by atoms with Crippen LogP contribution in [0.15, 0.2) is 24.7 Å². The van der Waals surface area contributed by atoms with Gasteiger partial charge in [0.2, 0.25) is 0 Å². The number of hydrogen-bond donors (Lipinski definition) is 1. The second kappa shape index (κ2) is 6.40. The van der Waals surface area contributed by atoms with E-state index < -0.39 is 0 Å². The molecule has 2 aromatic heterocycles. The minimum absolute atomic E-state index is 0.264. The molecule has 0 atom stereocenters. The van der Waals surface area contributed by atoms with Gasteiger partial charge in [0, 0.05) is 11.9 Å². The Morgan fingerprint density at radius 3 is 2.56 bits per heavy atom. The molecule has 0 saturated carbocycles. The van der Waals surface area contributed by atoms with Gasteiger partial charge in [-0.3, -0.25) is 4.98 Å². The van der Waals surface area contributed by atoms with E-state index >= 15 is 0 Å². The summed E-state index contributed by atoms with van der Waals surface area (Å²) in [5.74, 6) is 0.392. The summed E-state index contributed by atoms with van der Waals surface area (Å²) in [4.78, 5) is 8.10. The summed E-state index contributed by atoms with van der Waals surface area (Å²) < 4.78 is 1.73. The van der Waals surface area contributed by atoms with Gasteiger partial charge in [0.25, 0.3) is 0 Å². The largest absolute Gasteiger partial charge is 0.383 e.